The molecule has 0 aliphatic heterocycles. The van der Waals surface area contributed by atoms with Crippen LogP contribution in [0.5, 0.6) is 11.5 Å². The Morgan fingerprint density at radius 1 is 0.923 bits per heavy atom. The fourth-order valence-electron chi connectivity index (χ4n) is 2.25. The van der Waals surface area contributed by atoms with E-state index in [0.29, 0.717) is 32.8 Å². The highest BCUT2D eigenvalue weighted by atomic mass is 35.5. The van der Waals surface area contributed by atoms with Crippen molar-refractivity contribution >= 4 is 40.9 Å². The number of hydrogen-bond donors (Lipinski definition) is 1. The average molecular weight is 384 g/mol. The van der Waals surface area contributed by atoms with Crippen molar-refractivity contribution in [2.75, 3.05) is 5.32 Å². The molecule has 0 aromatic heterocycles. The highest BCUT2D eigenvalue weighted by molar-refractivity contribution is 6.35. The van der Waals surface area contributed by atoms with E-state index in [-0.39, 0.29) is 5.91 Å². The van der Waals surface area contributed by atoms with Crippen molar-refractivity contribution in [2.45, 2.75) is 0 Å². The van der Waals surface area contributed by atoms with E-state index in [1.807, 2.05) is 42.5 Å². The predicted molar refractivity (Wildman–Crippen MR) is 107 cm³/mol. The van der Waals surface area contributed by atoms with Crippen LogP contribution >= 0.6 is 23.2 Å². The van der Waals surface area contributed by atoms with E-state index in [4.69, 9.17) is 27.9 Å². The minimum atomic E-state index is -0.292. The molecule has 3 rings (SSSR count). The van der Waals surface area contributed by atoms with Gasteiger partial charge in [-0.15, -0.1) is 0 Å². The summed E-state index contributed by atoms with van der Waals surface area (Å²) < 4.78 is 5.83. The summed E-state index contributed by atoms with van der Waals surface area (Å²) in [5.74, 6) is 0.961. The van der Waals surface area contributed by atoms with Gasteiger partial charge < -0.3 is 10.1 Å². The molecule has 130 valence electrons. The number of anilines is 1. The van der Waals surface area contributed by atoms with Gasteiger partial charge in [0.05, 0.1) is 5.69 Å². The van der Waals surface area contributed by atoms with Gasteiger partial charge in [-0.25, -0.2) is 0 Å². The number of benzene rings is 3. The molecule has 1 amide bonds. The monoisotopic (exact) mass is 383 g/mol. The molecule has 3 nitrogen and oxygen atoms in total. The first-order chi connectivity index (χ1) is 12.6. The molecule has 5 heteroatoms. The Bertz CT molecular complexity index is 940. The van der Waals surface area contributed by atoms with Crippen LogP contribution in [0.3, 0.4) is 0 Å². The summed E-state index contributed by atoms with van der Waals surface area (Å²) in [4.78, 5) is 12.2. The Kier molecular flexibility index (Phi) is 5.95. The Labute approximate surface area is 161 Å². The van der Waals surface area contributed by atoms with Gasteiger partial charge >= 0.3 is 0 Å². The van der Waals surface area contributed by atoms with E-state index >= 15 is 0 Å². The zero-order valence-electron chi connectivity index (χ0n) is 13.7. The summed E-state index contributed by atoms with van der Waals surface area (Å²) >= 11 is 12.0. The van der Waals surface area contributed by atoms with E-state index in [0.717, 1.165) is 0 Å². The van der Waals surface area contributed by atoms with Crippen LogP contribution in [0.4, 0.5) is 5.69 Å². The van der Waals surface area contributed by atoms with Crippen LogP contribution in [-0.2, 0) is 4.79 Å². The summed E-state index contributed by atoms with van der Waals surface area (Å²) in [6.07, 6.45) is 3.04. The molecule has 0 heterocycles. The van der Waals surface area contributed by atoms with Crippen molar-refractivity contribution in [3.05, 3.63) is 94.5 Å². The molecule has 0 aliphatic carbocycles. The van der Waals surface area contributed by atoms with Crippen molar-refractivity contribution in [2.24, 2.45) is 0 Å². The SMILES string of the molecule is O=C(/C=C/c1ccc(Cl)cc1Cl)Nc1ccccc1Oc1ccccc1. The second-order valence-electron chi connectivity index (χ2n) is 5.40. The van der Waals surface area contributed by atoms with Gasteiger partial charge in [0.1, 0.15) is 5.75 Å². The maximum Gasteiger partial charge on any atom is 0.248 e. The van der Waals surface area contributed by atoms with E-state index in [2.05, 4.69) is 5.32 Å². The van der Waals surface area contributed by atoms with E-state index < -0.39 is 0 Å². The topological polar surface area (TPSA) is 38.3 Å². The molecule has 0 spiro atoms. The Hall–Kier alpha value is -2.75. The molecular formula is C21H15Cl2NO2. The summed E-state index contributed by atoms with van der Waals surface area (Å²) in [7, 11) is 0. The Morgan fingerprint density at radius 3 is 2.42 bits per heavy atom. The third kappa shape index (κ3) is 4.88. The standard InChI is InChI=1S/C21H15Cl2NO2/c22-16-12-10-15(18(23)14-16)11-13-21(25)24-19-8-4-5-9-20(19)26-17-6-2-1-3-7-17/h1-14H,(H,24,25)/b13-11+. The number of nitrogens with one attached hydrogen (secondary N) is 1. The molecule has 26 heavy (non-hydrogen) atoms. The maximum atomic E-state index is 12.2. The molecule has 0 unspecified atom stereocenters. The lowest BCUT2D eigenvalue weighted by molar-refractivity contribution is -0.111. The number of halogens is 2. The smallest absolute Gasteiger partial charge is 0.248 e. The number of ether oxygens (including phenoxy) is 1. The molecule has 1 N–H and O–H groups in total. The summed E-state index contributed by atoms with van der Waals surface area (Å²) in [5.41, 5.74) is 1.29. The minimum absolute atomic E-state index is 0.292. The van der Waals surface area contributed by atoms with Crippen LogP contribution in [0.15, 0.2) is 78.9 Å². The first-order valence-corrected chi connectivity index (χ1v) is 8.63. The van der Waals surface area contributed by atoms with E-state index in [1.54, 1.807) is 36.4 Å². The molecule has 0 radical (unpaired) electrons. The van der Waals surface area contributed by atoms with Gasteiger partial charge in [-0.3, -0.25) is 4.79 Å². The first kappa shape index (κ1) is 18.1. The summed E-state index contributed by atoms with van der Waals surface area (Å²) in [6, 6.07) is 21.7. The number of rotatable bonds is 5. The highest BCUT2D eigenvalue weighted by Gasteiger charge is 2.07. The van der Waals surface area contributed by atoms with Gasteiger partial charge in [0.2, 0.25) is 5.91 Å². The molecule has 0 saturated carbocycles. The molecule has 0 fully saturated rings. The molecule has 0 saturated heterocycles. The first-order valence-electron chi connectivity index (χ1n) is 7.88. The van der Waals surface area contributed by atoms with Gasteiger partial charge in [-0.05, 0) is 48.0 Å². The van der Waals surface area contributed by atoms with Gasteiger partial charge in [-0.1, -0.05) is 59.6 Å². The molecular weight excluding hydrogens is 369 g/mol. The van der Waals surface area contributed by atoms with Gasteiger partial charge in [0.15, 0.2) is 5.75 Å². The van der Waals surface area contributed by atoms with Crippen molar-refractivity contribution in [1.29, 1.82) is 0 Å². The normalized spacial score (nSPS) is 10.7. The number of carbonyl (C=O) groups is 1. The van der Waals surface area contributed by atoms with Crippen molar-refractivity contribution in [3.8, 4) is 11.5 Å². The lowest BCUT2D eigenvalue weighted by Crippen LogP contribution is -2.08. The second-order valence-corrected chi connectivity index (χ2v) is 6.24. The fraction of sp³-hybridized carbons (Fsp3) is 0. The van der Waals surface area contributed by atoms with Crippen LogP contribution in [0.2, 0.25) is 10.0 Å². The van der Waals surface area contributed by atoms with Crippen molar-refractivity contribution in [1.82, 2.24) is 0 Å². The van der Waals surface area contributed by atoms with Crippen LogP contribution in [0, 0.1) is 0 Å². The average Bonchev–Trinajstić information content (AvgIpc) is 2.63. The Balaban J connectivity index is 1.72. The molecule has 0 atom stereocenters. The summed E-state index contributed by atoms with van der Waals surface area (Å²) in [5, 5.41) is 3.84. The predicted octanol–water partition coefficient (Wildman–Crippen LogP) is 6.44. The largest absolute Gasteiger partial charge is 0.455 e. The molecule has 0 aliphatic rings. The van der Waals surface area contributed by atoms with Crippen molar-refractivity contribution < 1.29 is 9.53 Å². The number of hydrogen-bond acceptors (Lipinski definition) is 2. The highest BCUT2D eigenvalue weighted by Crippen LogP contribution is 2.29. The van der Waals surface area contributed by atoms with Crippen LogP contribution in [0.1, 0.15) is 5.56 Å². The zero-order valence-corrected chi connectivity index (χ0v) is 15.2. The molecule has 0 bridgehead atoms. The minimum Gasteiger partial charge on any atom is -0.455 e. The van der Waals surface area contributed by atoms with Crippen LogP contribution < -0.4 is 10.1 Å². The van der Waals surface area contributed by atoms with Crippen LogP contribution in [0.25, 0.3) is 6.08 Å². The third-order valence-electron chi connectivity index (χ3n) is 3.49. The van der Waals surface area contributed by atoms with E-state index in [1.165, 1.54) is 6.08 Å². The number of para-hydroxylation sites is 3. The lowest BCUT2D eigenvalue weighted by atomic mass is 10.2. The number of amides is 1. The maximum absolute atomic E-state index is 12.2. The summed E-state index contributed by atoms with van der Waals surface area (Å²) in [6.45, 7) is 0. The second kappa shape index (κ2) is 8.56. The zero-order chi connectivity index (χ0) is 18.4. The van der Waals surface area contributed by atoms with E-state index in [9.17, 15) is 4.79 Å². The lowest BCUT2D eigenvalue weighted by Gasteiger charge is -2.11. The third-order valence-corrected chi connectivity index (χ3v) is 4.06. The van der Waals surface area contributed by atoms with Gasteiger partial charge in [0, 0.05) is 16.1 Å². The quantitative estimate of drug-likeness (QED) is 0.514. The van der Waals surface area contributed by atoms with Gasteiger partial charge in [0.25, 0.3) is 0 Å². The van der Waals surface area contributed by atoms with Gasteiger partial charge in [-0.2, -0.15) is 0 Å². The number of carbonyl (C=O) groups excluding carboxylic acids is 1. The fourth-order valence-corrected chi connectivity index (χ4v) is 2.72. The van der Waals surface area contributed by atoms with Crippen LogP contribution in [-0.4, -0.2) is 5.91 Å². The Morgan fingerprint density at radius 2 is 1.65 bits per heavy atom. The van der Waals surface area contributed by atoms with Crippen molar-refractivity contribution in [3.63, 3.8) is 0 Å². The molecule has 3 aromatic carbocycles. The molecule has 3 aromatic rings.